The molecule has 0 aliphatic heterocycles. The van der Waals surface area contributed by atoms with Gasteiger partial charge < -0.3 is 14.8 Å². The third kappa shape index (κ3) is 5.67. The number of carbonyl (C=O) groups excluding carboxylic acids is 2. The van der Waals surface area contributed by atoms with Gasteiger partial charge in [0.2, 0.25) is 11.8 Å². The van der Waals surface area contributed by atoms with Gasteiger partial charge in [0.05, 0.1) is 11.0 Å². The summed E-state index contributed by atoms with van der Waals surface area (Å²) in [7, 11) is 0. The smallest absolute Gasteiger partial charge is 0.243 e. The summed E-state index contributed by atoms with van der Waals surface area (Å²) in [6.45, 7) is 9.85. The lowest BCUT2D eigenvalue weighted by molar-refractivity contribution is -0.131. The van der Waals surface area contributed by atoms with E-state index < -0.39 is 0 Å². The second kappa shape index (κ2) is 10.5. The molecular formula is C21H30N4O2. The van der Waals surface area contributed by atoms with Gasteiger partial charge in [-0.3, -0.25) is 9.59 Å². The van der Waals surface area contributed by atoms with Crippen molar-refractivity contribution in [2.75, 3.05) is 19.6 Å². The summed E-state index contributed by atoms with van der Waals surface area (Å²) in [5, 5.41) is 2.79. The Labute approximate surface area is 161 Å². The van der Waals surface area contributed by atoms with Crippen molar-refractivity contribution in [1.82, 2.24) is 19.8 Å². The number of para-hydroxylation sites is 2. The number of imidazole rings is 1. The van der Waals surface area contributed by atoms with E-state index in [0.29, 0.717) is 26.2 Å². The lowest BCUT2D eigenvalue weighted by Crippen LogP contribution is -2.33. The quantitative estimate of drug-likeness (QED) is 0.488. The second-order valence-electron chi connectivity index (χ2n) is 6.47. The highest BCUT2D eigenvalue weighted by atomic mass is 16.2. The molecule has 0 atom stereocenters. The normalized spacial score (nSPS) is 10.7. The van der Waals surface area contributed by atoms with Crippen molar-refractivity contribution in [1.29, 1.82) is 0 Å². The maximum Gasteiger partial charge on any atom is 0.243 e. The van der Waals surface area contributed by atoms with Crippen LogP contribution in [0.15, 0.2) is 36.9 Å². The van der Waals surface area contributed by atoms with Crippen LogP contribution in [0.4, 0.5) is 0 Å². The standard InChI is InChI=1S/C21H30N4O2/c1-4-20(26)22-15-11-7-8-14-19-23-17-12-9-10-13-18(17)25(19)16-21(27)24(5-2)6-3/h4,9-10,12-13H,1,5-8,11,14-16H2,2-3H3,(H,22,26). The van der Waals surface area contributed by atoms with E-state index in [1.807, 2.05) is 43.0 Å². The molecule has 0 radical (unpaired) electrons. The van der Waals surface area contributed by atoms with Crippen LogP contribution in [0, 0.1) is 0 Å². The van der Waals surface area contributed by atoms with Crippen LogP contribution < -0.4 is 5.32 Å². The highest BCUT2D eigenvalue weighted by Gasteiger charge is 2.16. The van der Waals surface area contributed by atoms with Gasteiger partial charge in [-0.05, 0) is 44.9 Å². The molecule has 0 bridgehead atoms. The Morgan fingerprint density at radius 1 is 1.19 bits per heavy atom. The van der Waals surface area contributed by atoms with Crippen molar-refractivity contribution in [3.8, 4) is 0 Å². The first kappa shape index (κ1) is 20.7. The van der Waals surface area contributed by atoms with Crippen molar-refractivity contribution in [3.63, 3.8) is 0 Å². The molecule has 0 spiro atoms. The molecule has 0 aliphatic rings. The SMILES string of the molecule is C=CC(=O)NCCCCCc1nc2ccccc2n1CC(=O)N(CC)CC. The number of aryl methyl sites for hydroxylation is 1. The topological polar surface area (TPSA) is 67.2 Å². The number of nitrogens with one attached hydrogen (secondary N) is 1. The fraction of sp³-hybridized carbons (Fsp3) is 0.476. The van der Waals surface area contributed by atoms with Gasteiger partial charge in [-0.15, -0.1) is 0 Å². The minimum absolute atomic E-state index is 0.122. The summed E-state index contributed by atoms with van der Waals surface area (Å²) >= 11 is 0. The largest absolute Gasteiger partial charge is 0.353 e. The number of nitrogens with zero attached hydrogens (tertiary/aromatic N) is 3. The summed E-state index contributed by atoms with van der Waals surface area (Å²) in [5.41, 5.74) is 1.93. The van der Waals surface area contributed by atoms with Crippen LogP contribution in [0.25, 0.3) is 11.0 Å². The second-order valence-corrected chi connectivity index (χ2v) is 6.47. The van der Waals surface area contributed by atoms with Crippen molar-refractivity contribution in [2.24, 2.45) is 0 Å². The Morgan fingerprint density at radius 3 is 2.63 bits per heavy atom. The lowest BCUT2D eigenvalue weighted by Gasteiger charge is -2.20. The molecule has 2 amide bonds. The molecule has 1 aromatic heterocycles. The minimum Gasteiger partial charge on any atom is -0.353 e. The molecule has 2 aromatic rings. The van der Waals surface area contributed by atoms with Gasteiger partial charge >= 0.3 is 0 Å². The van der Waals surface area contributed by atoms with E-state index in [1.165, 1.54) is 6.08 Å². The summed E-state index contributed by atoms with van der Waals surface area (Å²) in [4.78, 5) is 30.3. The van der Waals surface area contributed by atoms with Crippen LogP contribution in [0.5, 0.6) is 0 Å². The monoisotopic (exact) mass is 370 g/mol. The van der Waals surface area contributed by atoms with Crippen molar-refractivity contribution < 1.29 is 9.59 Å². The number of hydrogen-bond donors (Lipinski definition) is 1. The summed E-state index contributed by atoms with van der Waals surface area (Å²) in [5.74, 6) is 0.940. The average molecular weight is 370 g/mol. The van der Waals surface area contributed by atoms with E-state index in [1.54, 1.807) is 0 Å². The number of unbranched alkanes of at least 4 members (excludes halogenated alkanes) is 2. The van der Waals surface area contributed by atoms with Gasteiger partial charge in [0.25, 0.3) is 0 Å². The number of fused-ring (bicyclic) bond motifs is 1. The third-order valence-electron chi connectivity index (χ3n) is 4.70. The van der Waals surface area contributed by atoms with Crippen LogP contribution in [0.1, 0.15) is 38.9 Å². The van der Waals surface area contributed by atoms with E-state index >= 15 is 0 Å². The molecule has 1 N–H and O–H groups in total. The van der Waals surface area contributed by atoms with Gasteiger partial charge in [-0.2, -0.15) is 0 Å². The molecule has 0 saturated heterocycles. The van der Waals surface area contributed by atoms with E-state index in [2.05, 4.69) is 16.5 Å². The maximum absolute atomic E-state index is 12.6. The fourth-order valence-electron chi connectivity index (χ4n) is 3.17. The number of likely N-dealkylation sites (N-methyl/N-ethyl adjacent to an activating group) is 1. The van der Waals surface area contributed by atoms with E-state index in [9.17, 15) is 9.59 Å². The molecule has 1 heterocycles. The van der Waals surface area contributed by atoms with Gasteiger partial charge in [0.15, 0.2) is 0 Å². The van der Waals surface area contributed by atoms with Crippen molar-refractivity contribution >= 4 is 22.8 Å². The number of rotatable bonds is 11. The Hall–Kier alpha value is -2.63. The molecule has 6 nitrogen and oxygen atoms in total. The molecule has 0 aliphatic carbocycles. The Kier molecular flexibility index (Phi) is 8.04. The van der Waals surface area contributed by atoms with Crippen molar-refractivity contribution in [2.45, 2.75) is 46.1 Å². The maximum atomic E-state index is 12.6. The predicted molar refractivity (Wildman–Crippen MR) is 108 cm³/mol. The van der Waals surface area contributed by atoms with Gasteiger partial charge in [0.1, 0.15) is 12.4 Å². The highest BCUT2D eigenvalue weighted by molar-refractivity contribution is 5.86. The zero-order valence-corrected chi connectivity index (χ0v) is 16.4. The molecule has 0 fully saturated rings. The van der Waals surface area contributed by atoms with Gasteiger partial charge in [-0.25, -0.2) is 4.98 Å². The molecule has 6 heteroatoms. The number of benzene rings is 1. The van der Waals surface area contributed by atoms with E-state index in [0.717, 1.165) is 42.5 Å². The van der Waals surface area contributed by atoms with Crippen molar-refractivity contribution in [3.05, 3.63) is 42.7 Å². The third-order valence-corrected chi connectivity index (χ3v) is 4.70. The molecule has 0 unspecified atom stereocenters. The first-order valence-corrected chi connectivity index (χ1v) is 9.72. The Bertz CT molecular complexity index is 778. The molecule has 27 heavy (non-hydrogen) atoms. The predicted octanol–water partition coefficient (Wildman–Crippen LogP) is 2.92. The van der Waals surface area contributed by atoms with Gasteiger partial charge in [-0.1, -0.05) is 25.1 Å². The van der Waals surface area contributed by atoms with Crippen LogP contribution >= 0.6 is 0 Å². The van der Waals surface area contributed by atoms with E-state index in [-0.39, 0.29) is 11.8 Å². The minimum atomic E-state index is -0.133. The van der Waals surface area contributed by atoms with E-state index in [4.69, 9.17) is 4.98 Å². The molecule has 0 saturated carbocycles. The van der Waals surface area contributed by atoms with Crippen LogP contribution in [-0.2, 0) is 22.6 Å². The van der Waals surface area contributed by atoms with Crippen LogP contribution in [0.2, 0.25) is 0 Å². The summed E-state index contributed by atoms with van der Waals surface area (Å²) in [6.07, 6.45) is 4.97. The van der Waals surface area contributed by atoms with Crippen LogP contribution in [0.3, 0.4) is 0 Å². The van der Waals surface area contributed by atoms with Gasteiger partial charge in [0, 0.05) is 26.1 Å². The molecule has 1 aromatic carbocycles. The number of aromatic nitrogens is 2. The first-order chi connectivity index (χ1) is 13.1. The number of amides is 2. The molecule has 2 rings (SSSR count). The number of carbonyl (C=O) groups is 2. The zero-order chi connectivity index (χ0) is 19.6. The summed E-state index contributed by atoms with van der Waals surface area (Å²) < 4.78 is 2.05. The van der Waals surface area contributed by atoms with Crippen LogP contribution in [-0.4, -0.2) is 45.9 Å². The fourth-order valence-corrected chi connectivity index (χ4v) is 3.17. The Morgan fingerprint density at radius 2 is 1.93 bits per heavy atom. The highest BCUT2D eigenvalue weighted by Crippen LogP contribution is 2.18. The Balaban J connectivity index is 2.02. The molecular weight excluding hydrogens is 340 g/mol. The first-order valence-electron chi connectivity index (χ1n) is 9.72. The zero-order valence-electron chi connectivity index (χ0n) is 16.4. The average Bonchev–Trinajstić information content (AvgIpc) is 3.02. The number of hydrogen-bond acceptors (Lipinski definition) is 3. The summed E-state index contributed by atoms with van der Waals surface area (Å²) in [6, 6.07) is 7.96. The molecule has 146 valence electrons. The lowest BCUT2D eigenvalue weighted by atomic mass is 10.2.